The fourth-order valence-corrected chi connectivity index (χ4v) is 2.03. The lowest BCUT2D eigenvalue weighted by molar-refractivity contribution is 0.215. The van der Waals surface area contributed by atoms with Gasteiger partial charge in [0.25, 0.3) is 0 Å². The Balaban J connectivity index is 0.00000144. The van der Waals surface area contributed by atoms with E-state index in [-0.39, 0.29) is 12.4 Å². The zero-order valence-corrected chi connectivity index (χ0v) is 11.2. The lowest BCUT2D eigenvalue weighted by atomic mass is 9.99. The van der Waals surface area contributed by atoms with Crippen molar-refractivity contribution in [1.29, 1.82) is 0 Å². The summed E-state index contributed by atoms with van der Waals surface area (Å²) in [6.45, 7) is 6.21. The van der Waals surface area contributed by atoms with E-state index in [1.165, 1.54) is 12.8 Å². The summed E-state index contributed by atoms with van der Waals surface area (Å²) in [7, 11) is 0. The highest BCUT2D eigenvalue weighted by Crippen LogP contribution is 2.15. The molecule has 1 aromatic rings. The molecule has 1 saturated heterocycles. The molecular formula is C12H22ClN3O. The summed E-state index contributed by atoms with van der Waals surface area (Å²) in [6.07, 6.45) is 7.36. The van der Waals surface area contributed by atoms with Gasteiger partial charge < -0.3 is 10.1 Å². The number of aryl methyl sites for hydroxylation is 1. The molecule has 1 aliphatic heterocycles. The molecule has 0 radical (unpaired) electrons. The number of nitrogens with zero attached hydrogens (tertiary/aromatic N) is 2. The Morgan fingerprint density at radius 1 is 1.47 bits per heavy atom. The normalized spacial score (nSPS) is 16.5. The van der Waals surface area contributed by atoms with Gasteiger partial charge in [-0.15, -0.1) is 12.4 Å². The maximum Gasteiger partial charge on any atom is 0.157 e. The smallest absolute Gasteiger partial charge is 0.157 e. The third-order valence-electron chi connectivity index (χ3n) is 3.01. The van der Waals surface area contributed by atoms with E-state index < -0.39 is 0 Å². The molecule has 4 nitrogen and oxygen atoms in total. The second kappa shape index (κ2) is 7.56. The van der Waals surface area contributed by atoms with Crippen LogP contribution in [-0.2, 0) is 6.54 Å². The van der Waals surface area contributed by atoms with Crippen LogP contribution in [0.3, 0.4) is 0 Å². The van der Waals surface area contributed by atoms with E-state index in [1.807, 2.05) is 17.1 Å². The van der Waals surface area contributed by atoms with Gasteiger partial charge in [0, 0.05) is 6.54 Å². The van der Waals surface area contributed by atoms with Gasteiger partial charge in [0.05, 0.1) is 19.0 Å². The highest BCUT2D eigenvalue weighted by atomic mass is 35.5. The summed E-state index contributed by atoms with van der Waals surface area (Å²) in [6, 6.07) is 0. The van der Waals surface area contributed by atoms with Crippen molar-refractivity contribution in [2.24, 2.45) is 5.92 Å². The Bertz CT molecular complexity index is 310. The molecule has 98 valence electrons. The van der Waals surface area contributed by atoms with Crippen molar-refractivity contribution in [3.63, 3.8) is 0 Å². The molecule has 0 saturated carbocycles. The van der Waals surface area contributed by atoms with E-state index in [2.05, 4.69) is 17.3 Å². The van der Waals surface area contributed by atoms with E-state index in [1.54, 1.807) is 0 Å². The third kappa shape index (κ3) is 4.56. The molecule has 1 fully saturated rings. The fourth-order valence-electron chi connectivity index (χ4n) is 2.03. The van der Waals surface area contributed by atoms with Crippen LogP contribution in [0, 0.1) is 5.92 Å². The molecular weight excluding hydrogens is 238 g/mol. The predicted molar refractivity (Wildman–Crippen MR) is 70.9 cm³/mol. The van der Waals surface area contributed by atoms with Crippen LogP contribution in [0.2, 0.25) is 0 Å². The van der Waals surface area contributed by atoms with Crippen molar-refractivity contribution in [3.05, 3.63) is 12.4 Å². The Hall–Kier alpha value is -0.740. The SMILES string of the molecule is CCCn1cc(OCC2CCNCC2)cn1.Cl. The van der Waals surface area contributed by atoms with E-state index in [0.29, 0.717) is 5.92 Å². The van der Waals surface area contributed by atoms with Gasteiger partial charge in [-0.25, -0.2) is 0 Å². The van der Waals surface area contributed by atoms with Gasteiger partial charge >= 0.3 is 0 Å². The number of halogens is 1. The molecule has 1 aromatic heterocycles. The minimum absolute atomic E-state index is 0. The molecule has 17 heavy (non-hydrogen) atoms. The Morgan fingerprint density at radius 2 is 2.24 bits per heavy atom. The lowest BCUT2D eigenvalue weighted by Gasteiger charge is -2.22. The minimum atomic E-state index is 0. The van der Waals surface area contributed by atoms with Crippen molar-refractivity contribution in [3.8, 4) is 5.75 Å². The van der Waals surface area contributed by atoms with Crippen molar-refractivity contribution in [2.45, 2.75) is 32.7 Å². The summed E-state index contributed by atoms with van der Waals surface area (Å²) in [5.41, 5.74) is 0. The van der Waals surface area contributed by atoms with Crippen LogP contribution in [0.25, 0.3) is 0 Å². The second-order valence-electron chi connectivity index (χ2n) is 4.44. The van der Waals surface area contributed by atoms with Gasteiger partial charge in [0.2, 0.25) is 0 Å². The quantitative estimate of drug-likeness (QED) is 0.880. The zero-order valence-electron chi connectivity index (χ0n) is 10.4. The van der Waals surface area contributed by atoms with Crippen molar-refractivity contribution < 1.29 is 4.74 Å². The average Bonchev–Trinajstić information content (AvgIpc) is 2.76. The number of hydrogen-bond acceptors (Lipinski definition) is 3. The number of piperidine rings is 1. The monoisotopic (exact) mass is 259 g/mol. The Labute approximate surface area is 109 Å². The minimum Gasteiger partial charge on any atom is -0.490 e. The van der Waals surface area contributed by atoms with Crippen LogP contribution in [0.5, 0.6) is 5.75 Å². The maximum atomic E-state index is 5.76. The van der Waals surface area contributed by atoms with Crippen molar-refractivity contribution in [2.75, 3.05) is 19.7 Å². The van der Waals surface area contributed by atoms with Gasteiger partial charge in [-0.3, -0.25) is 4.68 Å². The molecule has 1 aliphatic rings. The van der Waals surface area contributed by atoms with Crippen molar-refractivity contribution in [1.82, 2.24) is 15.1 Å². The first-order valence-corrected chi connectivity index (χ1v) is 6.24. The number of nitrogens with one attached hydrogen (secondary N) is 1. The topological polar surface area (TPSA) is 39.1 Å². The molecule has 0 unspecified atom stereocenters. The van der Waals surface area contributed by atoms with Gasteiger partial charge in [-0.1, -0.05) is 6.92 Å². The molecule has 1 N–H and O–H groups in total. The first kappa shape index (κ1) is 14.3. The highest BCUT2D eigenvalue weighted by Gasteiger charge is 2.13. The van der Waals surface area contributed by atoms with Crippen molar-refractivity contribution >= 4 is 12.4 Å². The standard InChI is InChI=1S/C12H21N3O.ClH/c1-2-7-15-9-12(8-14-15)16-10-11-3-5-13-6-4-11;/h8-9,11,13H,2-7,10H2,1H3;1H. The van der Waals surface area contributed by atoms with Crippen LogP contribution >= 0.6 is 12.4 Å². The van der Waals surface area contributed by atoms with Gasteiger partial charge in [-0.05, 0) is 38.3 Å². The molecule has 5 heteroatoms. The Kier molecular flexibility index (Phi) is 6.37. The largest absolute Gasteiger partial charge is 0.490 e. The van der Waals surface area contributed by atoms with Crippen LogP contribution < -0.4 is 10.1 Å². The van der Waals surface area contributed by atoms with Gasteiger partial charge in [0.1, 0.15) is 0 Å². The predicted octanol–water partition coefficient (Wildman–Crippen LogP) is 2.09. The average molecular weight is 260 g/mol. The summed E-state index contributed by atoms with van der Waals surface area (Å²) in [5, 5.41) is 7.61. The van der Waals surface area contributed by atoms with Gasteiger partial charge in [0.15, 0.2) is 5.75 Å². The summed E-state index contributed by atoms with van der Waals surface area (Å²) in [5.74, 6) is 1.61. The Morgan fingerprint density at radius 3 is 2.94 bits per heavy atom. The van der Waals surface area contributed by atoms with Crippen LogP contribution in [0.4, 0.5) is 0 Å². The molecule has 0 atom stereocenters. The summed E-state index contributed by atoms with van der Waals surface area (Å²) in [4.78, 5) is 0. The lowest BCUT2D eigenvalue weighted by Crippen LogP contribution is -2.30. The third-order valence-corrected chi connectivity index (χ3v) is 3.01. The van der Waals surface area contributed by atoms with Gasteiger partial charge in [-0.2, -0.15) is 5.10 Å². The van der Waals surface area contributed by atoms with Crippen LogP contribution in [-0.4, -0.2) is 29.5 Å². The first-order chi connectivity index (χ1) is 7.88. The zero-order chi connectivity index (χ0) is 11.2. The molecule has 0 bridgehead atoms. The summed E-state index contributed by atoms with van der Waals surface area (Å²) < 4.78 is 7.70. The molecule has 0 aromatic carbocycles. The highest BCUT2D eigenvalue weighted by molar-refractivity contribution is 5.85. The van der Waals surface area contributed by atoms with E-state index in [4.69, 9.17) is 4.74 Å². The molecule has 0 aliphatic carbocycles. The summed E-state index contributed by atoms with van der Waals surface area (Å²) >= 11 is 0. The van der Waals surface area contributed by atoms with E-state index in [9.17, 15) is 0 Å². The maximum absolute atomic E-state index is 5.76. The first-order valence-electron chi connectivity index (χ1n) is 6.24. The fraction of sp³-hybridized carbons (Fsp3) is 0.750. The number of aromatic nitrogens is 2. The molecule has 2 heterocycles. The van der Waals surface area contributed by atoms with Crippen LogP contribution in [0.1, 0.15) is 26.2 Å². The number of rotatable bonds is 5. The number of ether oxygens (including phenoxy) is 1. The molecule has 2 rings (SSSR count). The van der Waals surface area contributed by atoms with Crippen LogP contribution in [0.15, 0.2) is 12.4 Å². The number of hydrogen-bond donors (Lipinski definition) is 1. The van der Waals surface area contributed by atoms with E-state index in [0.717, 1.165) is 38.4 Å². The molecule has 0 spiro atoms. The van der Waals surface area contributed by atoms with E-state index >= 15 is 0 Å². The second-order valence-corrected chi connectivity index (χ2v) is 4.44. The molecule has 0 amide bonds.